The molecule has 0 aromatic heterocycles. The number of allylic oxidation sites excluding steroid dienone is 2. The predicted octanol–water partition coefficient (Wildman–Crippen LogP) is 0.982. The summed E-state index contributed by atoms with van der Waals surface area (Å²) in [4.78, 5) is 11.2. The Balaban J connectivity index is 2.03. The largest absolute Gasteiger partial charge is 0.465 e. The molecule has 4 atom stereocenters. The van der Waals surface area contributed by atoms with Crippen molar-refractivity contribution in [2.45, 2.75) is 6.42 Å². The summed E-state index contributed by atoms with van der Waals surface area (Å²) in [5.74, 6) is 1.96. The van der Waals surface area contributed by atoms with E-state index < -0.39 is 0 Å². The van der Waals surface area contributed by atoms with E-state index >= 15 is 0 Å². The number of fused-ring (bicyclic) bond motifs is 5. The fraction of sp³-hybridized carbons (Fsp3) is 0.667. The van der Waals surface area contributed by atoms with Crippen LogP contribution in [0.1, 0.15) is 6.42 Å². The number of cyclic esters (lactones) is 1. The van der Waals surface area contributed by atoms with E-state index in [9.17, 15) is 4.79 Å². The number of carbonyl (C=O) groups excluding carboxylic acids is 1. The maximum atomic E-state index is 11.2. The fourth-order valence-corrected chi connectivity index (χ4v) is 2.78. The predicted molar refractivity (Wildman–Crippen MR) is 38.7 cm³/mol. The van der Waals surface area contributed by atoms with E-state index in [1.807, 2.05) is 0 Å². The highest BCUT2D eigenvalue weighted by molar-refractivity contribution is 5.76. The van der Waals surface area contributed by atoms with Crippen molar-refractivity contribution >= 4 is 5.97 Å². The Morgan fingerprint density at radius 2 is 2.18 bits per heavy atom. The summed E-state index contributed by atoms with van der Waals surface area (Å²) < 4.78 is 5.02. The number of carbonyl (C=O) groups is 1. The lowest BCUT2D eigenvalue weighted by atomic mass is 9.86. The van der Waals surface area contributed by atoms with Crippen molar-refractivity contribution < 1.29 is 9.53 Å². The van der Waals surface area contributed by atoms with Gasteiger partial charge >= 0.3 is 5.97 Å². The average Bonchev–Trinajstić information content (AvgIpc) is 2.60. The molecule has 0 aromatic carbocycles. The van der Waals surface area contributed by atoms with Crippen molar-refractivity contribution in [3.05, 3.63) is 12.2 Å². The second-order valence-corrected chi connectivity index (χ2v) is 3.77. The number of hydrogen-bond donors (Lipinski definition) is 0. The molecule has 11 heavy (non-hydrogen) atoms. The molecule has 0 radical (unpaired) electrons. The summed E-state index contributed by atoms with van der Waals surface area (Å²) in [6, 6.07) is 0. The third-order valence-corrected chi connectivity index (χ3v) is 3.31. The van der Waals surface area contributed by atoms with E-state index in [0.717, 1.165) is 0 Å². The Hall–Kier alpha value is -0.790. The Kier molecular flexibility index (Phi) is 0.888. The first-order valence-electron chi connectivity index (χ1n) is 4.21. The highest BCUT2D eigenvalue weighted by atomic mass is 16.5. The Morgan fingerprint density at radius 3 is 3.00 bits per heavy atom. The average molecular weight is 150 g/mol. The number of esters is 1. The first-order chi connectivity index (χ1) is 5.36. The van der Waals surface area contributed by atoms with Crippen LogP contribution >= 0.6 is 0 Å². The number of rotatable bonds is 0. The van der Waals surface area contributed by atoms with Crippen LogP contribution in [-0.2, 0) is 9.53 Å². The minimum Gasteiger partial charge on any atom is -0.465 e. The zero-order valence-electron chi connectivity index (χ0n) is 6.19. The molecule has 2 aliphatic carbocycles. The summed E-state index contributed by atoms with van der Waals surface area (Å²) in [5.41, 5.74) is 0. The van der Waals surface area contributed by atoms with E-state index in [-0.39, 0.29) is 11.9 Å². The summed E-state index contributed by atoms with van der Waals surface area (Å²) in [7, 11) is 0. The summed E-state index contributed by atoms with van der Waals surface area (Å²) >= 11 is 0. The molecule has 0 N–H and O–H groups in total. The van der Waals surface area contributed by atoms with Gasteiger partial charge in [-0.1, -0.05) is 12.2 Å². The standard InChI is InChI=1S/C9H10O2/c10-9-8-6-2-1-5(3-6)7(8)4-11-9/h1-2,5-8H,3-4H2/t5-,6-,7-,8-/m0/s1. The van der Waals surface area contributed by atoms with E-state index in [1.165, 1.54) is 6.42 Å². The van der Waals surface area contributed by atoms with Gasteiger partial charge in [0.05, 0.1) is 12.5 Å². The fourth-order valence-electron chi connectivity index (χ4n) is 2.78. The van der Waals surface area contributed by atoms with E-state index in [4.69, 9.17) is 4.74 Å². The molecule has 0 aromatic rings. The van der Waals surface area contributed by atoms with Gasteiger partial charge in [-0.05, 0) is 18.3 Å². The monoisotopic (exact) mass is 150 g/mol. The molecule has 3 aliphatic rings. The van der Waals surface area contributed by atoms with Gasteiger partial charge in [-0.3, -0.25) is 4.79 Å². The molecule has 0 unspecified atom stereocenters. The summed E-state index contributed by atoms with van der Waals surface area (Å²) in [6.45, 7) is 0.676. The minimum absolute atomic E-state index is 0.0480. The van der Waals surface area contributed by atoms with Gasteiger partial charge in [0, 0.05) is 5.92 Å². The van der Waals surface area contributed by atoms with Crippen molar-refractivity contribution in [1.29, 1.82) is 0 Å². The first kappa shape index (κ1) is 5.81. The summed E-state index contributed by atoms with van der Waals surface area (Å²) in [6.07, 6.45) is 5.65. The third kappa shape index (κ3) is 0.561. The summed E-state index contributed by atoms with van der Waals surface area (Å²) in [5, 5.41) is 0. The van der Waals surface area contributed by atoms with E-state index in [1.54, 1.807) is 0 Å². The molecule has 1 saturated heterocycles. The molecule has 0 spiro atoms. The molecule has 2 nitrogen and oxygen atoms in total. The van der Waals surface area contributed by atoms with Crippen LogP contribution < -0.4 is 0 Å². The number of hydrogen-bond acceptors (Lipinski definition) is 2. The topological polar surface area (TPSA) is 26.3 Å². The maximum absolute atomic E-state index is 11.2. The molecule has 0 amide bonds. The molecule has 2 heteroatoms. The molecule has 1 saturated carbocycles. The Bertz CT molecular complexity index is 244. The van der Waals surface area contributed by atoms with Gasteiger partial charge in [0.2, 0.25) is 0 Å². The molecule has 2 bridgehead atoms. The smallest absolute Gasteiger partial charge is 0.309 e. The molecular weight excluding hydrogens is 140 g/mol. The first-order valence-corrected chi connectivity index (χ1v) is 4.21. The van der Waals surface area contributed by atoms with Gasteiger partial charge in [0.25, 0.3) is 0 Å². The van der Waals surface area contributed by atoms with Crippen LogP contribution in [0.3, 0.4) is 0 Å². The van der Waals surface area contributed by atoms with Crippen LogP contribution in [-0.4, -0.2) is 12.6 Å². The lowest BCUT2D eigenvalue weighted by Gasteiger charge is -2.14. The second kappa shape index (κ2) is 1.68. The van der Waals surface area contributed by atoms with E-state index in [2.05, 4.69) is 12.2 Å². The number of ether oxygens (including phenoxy) is 1. The highest BCUT2D eigenvalue weighted by Crippen LogP contribution is 2.50. The lowest BCUT2D eigenvalue weighted by molar-refractivity contribution is -0.142. The normalized spacial score (nSPS) is 51.5. The van der Waals surface area contributed by atoms with Crippen molar-refractivity contribution in [2.75, 3.05) is 6.61 Å². The van der Waals surface area contributed by atoms with Crippen LogP contribution in [0.2, 0.25) is 0 Å². The third-order valence-electron chi connectivity index (χ3n) is 3.31. The van der Waals surface area contributed by atoms with Gasteiger partial charge < -0.3 is 4.74 Å². The minimum atomic E-state index is 0.0480. The quantitative estimate of drug-likeness (QED) is 0.380. The van der Waals surface area contributed by atoms with Crippen LogP contribution in [0, 0.1) is 23.7 Å². The zero-order chi connectivity index (χ0) is 7.42. The van der Waals surface area contributed by atoms with E-state index in [0.29, 0.717) is 24.4 Å². The Morgan fingerprint density at radius 1 is 1.36 bits per heavy atom. The second-order valence-electron chi connectivity index (χ2n) is 3.77. The van der Waals surface area contributed by atoms with Crippen LogP contribution in [0.15, 0.2) is 12.2 Å². The van der Waals surface area contributed by atoms with Crippen molar-refractivity contribution in [3.63, 3.8) is 0 Å². The molecule has 1 heterocycles. The van der Waals surface area contributed by atoms with Crippen molar-refractivity contribution in [1.82, 2.24) is 0 Å². The molecule has 2 fully saturated rings. The van der Waals surface area contributed by atoms with Gasteiger partial charge in [-0.2, -0.15) is 0 Å². The molecular formula is C9H10O2. The van der Waals surface area contributed by atoms with Crippen molar-refractivity contribution in [3.8, 4) is 0 Å². The Labute approximate surface area is 65.2 Å². The van der Waals surface area contributed by atoms with Gasteiger partial charge in [-0.15, -0.1) is 0 Å². The zero-order valence-corrected chi connectivity index (χ0v) is 6.19. The van der Waals surface area contributed by atoms with Crippen LogP contribution in [0.5, 0.6) is 0 Å². The maximum Gasteiger partial charge on any atom is 0.309 e. The van der Waals surface area contributed by atoms with Crippen LogP contribution in [0.25, 0.3) is 0 Å². The highest BCUT2D eigenvalue weighted by Gasteiger charge is 2.52. The van der Waals surface area contributed by atoms with Gasteiger partial charge in [-0.25, -0.2) is 0 Å². The lowest BCUT2D eigenvalue weighted by Crippen LogP contribution is -2.19. The van der Waals surface area contributed by atoms with Crippen LogP contribution in [0.4, 0.5) is 0 Å². The van der Waals surface area contributed by atoms with Gasteiger partial charge in [0.1, 0.15) is 0 Å². The molecule has 1 aliphatic heterocycles. The SMILES string of the molecule is O=C1OC[C@@H]2[C@@H]1[C@H]1C=C[C@H]2C1. The molecule has 58 valence electrons. The van der Waals surface area contributed by atoms with Crippen molar-refractivity contribution in [2.24, 2.45) is 23.7 Å². The molecule has 3 rings (SSSR count). The van der Waals surface area contributed by atoms with Gasteiger partial charge in [0.15, 0.2) is 0 Å².